The molecule has 0 spiro atoms. The zero-order chi connectivity index (χ0) is 22.0. The van der Waals surface area contributed by atoms with Gasteiger partial charge in [0, 0.05) is 62.2 Å². The second-order valence-electron chi connectivity index (χ2n) is 8.73. The molecule has 31 heavy (non-hydrogen) atoms. The van der Waals surface area contributed by atoms with E-state index in [0.717, 1.165) is 72.5 Å². The number of nitrogens with zero attached hydrogens (tertiary/aromatic N) is 3. The summed E-state index contributed by atoms with van der Waals surface area (Å²) in [6.07, 6.45) is 7.01. The molecule has 2 aromatic rings. The molecular weight excluding hydrogens is 390 g/mol. The van der Waals surface area contributed by atoms with Gasteiger partial charge in [-0.25, -0.2) is 0 Å². The standard InChI is InChI=1S/C25H33N3O3/c1-4-6-25(30)28-11-9-27(10-12-28)22-14-19-18(5-2)20(23(29)13-17-7-8-17)16-26-21(19)15-24(22)31-3/h14-17H,4-13H2,1-3H3. The van der Waals surface area contributed by atoms with Crippen molar-refractivity contribution in [3.63, 3.8) is 0 Å². The lowest BCUT2D eigenvalue weighted by atomic mass is 9.95. The molecule has 1 aromatic heterocycles. The van der Waals surface area contributed by atoms with Crippen LogP contribution in [0.4, 0.5) is 5.69 Å². The number of pyridine rings is 1. The van der Waals surface area contributed by atoms with Gasteiger partial charge in [-0.15, -0.1) is 0 Å². The van der Waals surface area contributed by atoms with Crippen LogP contribution in [0.2, 0.25) is 0 Å². The molecular formula is C25H33N3O3. The fourth-order valence-corrected chi connectivity index (χ4v) is 4.56. The summed E-state index contributed by atoms with van der Waals surface area (Å²) in [6.45, 7) is 7.12. The van der Waals surface area contributed by atoms with Crippen LogP contribution in [0.15, 0.2) is 18.3 Å². The number of aromatic nitrogens is 1. The molecule has 0 N–H and O–H groups in total. The molecule has 1 aromatic carbocycles. The van der Waals surface area contributed by atoms with Crippen molar-refractivity contribution in [1.82, 2.24) is 9.88 Å². The van der Waals surface area contributed by atoms with E-state index in [4.69, 9.17) is 4.74 Å². The number of hydrogen-bond donors (Lipinski definition) is 0. The zero-order valence-corrected chi connectivity index (χ0v) is 18.9. The number of amides is 1. The van der Waals surface area contributed by atoms with Crippen LogP contribution in [0, 0.1) is 5.92 Å². The predicted octanol–water partition coefficient (Wildman–Crippen LogP) is 4.24. The van der Waals surface area contributed by atoms with Crippen LogP contribution in [0.25, 0.3) is 10.9 Å². The van der Waals surface area contributed by atoms with Gasteiger partial charge < -0.3 is 14.5 Å². The van der Waals surface area contributed by atoms with Crippen molar-refractivity contribution in [2.75, 3.05) is 38.2 Å². The Balaban J connectivity index is 1.65. The van der Waals surface area contributed by atoms with E-state index < -0.39 is 0 Å². The monoisotopic (exact) mass is 423 g/mol. The maximum Gasteiger partial charge on any atom is 0.222 e. The number of ketones is 1. The first-order valence-electron chi connectivity index (χ1n) is 11.6. The van der Waals surface area contributed by atoms with Crippen LogP contribution in [0.3, 0.4) is 0 Å². The third-order valence-electron chi connectivity index (χ3n) is 6.54. The molecule has 6 heteroatoms. The molecule has 0 bridgehead atoms. The zero-order valence-electron chi connectivity index (χ0n) is 18.9. The van der Waals surface area contributed by atoms with Gasteiger partial charge in [0.15, 0.2) is 5.78 Å². The topological polar surface area (TPSA) is 62.7 Å². The van der Waals surface area contributed by atoms with Crippen molar-refractivity contribution in [3.05, 3.63) is 29.5 Å². The Kier molecular flexibility index (Phi) is 6.44. The minimum Gasteiger partial charge on any atom is -0.495 e. The second-order valence-corrected chi connectivity index (χ2v) is 8.73. The molecule has 1 aliphatic heterocycles. The Hall–Kier alpha value is -2.63. The van der Waals surface area contributed by atoms with E-state index in [1.165, 1.54) is 12.8 Å². The quantitative estimate of drug-likeness (QED) is 0.595. The van der Waals surface area contributed by atoms with Crippen molar-refractivity contribution in [1.29, 1.82) is 0 Å². The van der Waals surface area contributed by atoms with E-state index in [1.807, 2.05) is 17.9 Å². The van der Waals surface area contributed by atoms with Gasteiger partial charge >= 0.3 is 0 Å². The number of aryl methyl sites for hydroxylation is 1. The highest BCUT2D eigenvalue weighted by Gasteiger charge is 2.27. The summed E-state index contributed by atoms with van der Waals surface area (Å²) in [5.41, 5.74) is 3.72. The van der Waals surface area contributed by atoms with Crippen LogP contribution in [-0.2, 0) is 11.2 Å². The molecule has 0 atom stereocenters. The number of fused-ring (bicyclic) bond motifs is 1. The van der Waals surface area contributed by atoms with Crippen LogP contribution in [0.5, 0.6) is 5.75 Å². The normalized spacial score (nSPS) is 16.6. The smallest absolute Gasteiger partial charge is 0.222 e. The van der Waals surface area contributed by atoms with Gasteiger partial charge in [0.25, 0.3) is 0 Å². The number of piperazine rings is 1. The molecule has 2 fully saturated rings. The summed E-state index contributed by atoms with van der Waals surface area (Å²) < 4.78 is 5.70. The Morgan fingerprint density at radius 2 is 1.87 bits per heavy atom. The van der Waals surface area contributed by atoms with Crippen LogP contribution in [-0.4, -0.2) is 54.9 Å². The highest BCUT2D eigenvalue weighted by molar-refractivity contribution is 6.02. The number of ether oxygens (including phenoxy) is 1. The van der Waals surface area contributed by atoms with Gasteiger partial charge in [-0.3, -0.25) is 14.6 Å². The third kappa shape index (κ3) is 4.53. The van der Waals surface area contributed by atoms with E-state index in [1.54, 1.807) is 13.3 Å². The van der Waals surface area contributed by atoms with Gasteiger partial charge in [0.2, 0.25) is 5.91 Å². The van der Waals surface area contributed by atoms with Crippen molar-refractivity contribution in [2.45, 2.75) is 52.4 Å². The molecule has 2 aliphatic rings. The minimum absolute atomic E-state index is 0.217. The van der Waals surface area contributed by atoms with E-state index in [0.29, 0.717) is 18.8 Å². The van der Waals surface area contributed by atoms with Crippen molar-refractivity contribution in [3.8, 4) is 5.75 Å². The number of carbonyl (C=O) groups excluding carboxylic acids is 2. The summed E-state index contributed by atoms with van der Waals surface area (Å²) in [6, 6.07) is 4.12. The van der Waals surface area contributed by atoms with Gasteiger partial charge in [-0.2, -0.15) is 0 Å². The fraction of sp³-hybridized carbons (Fsp3) is 0.560. The summed E-state index contributed by atoms with van der Waals surface area (Å²) in [5, 5.41) is 1.03. The number of Topliss-reactive ketones (excluding diaryl/α,β-unsaturated/α-hetero) is 1. The first kappa shape index (κ1) is 21.6. The first-order chi connectivity index (χ1) is 15.0. The maximum atomic E-state index is 12.9. The molecule has 0 radical (unpaired) electrons. The van der Waals surface area contributed by atoms with E-state index in [-0.39, 0.29) is 11.7 Å². The number of anilines is 1. The molecule has 6 nitrogen and oxygen atoms in total. The molecule has 1 amide bonds. The average molecular weight is 424 g/mol. The van der Waals surface area contributed by atoms with E-state index in [2.05, 4.69) is 22.9 Å². The SMILES string of the molecule is CCCC(=O)N1CCN(c2cc3c(CC)c(C(=O)CC4CC4)cnc3cc2OC)CC1. The van der Waals surface area contributed by atoms with E-state index in [9.17, 15) is 9.59 Å². The summed E-state index contributed by atoms with van der Waals surface area (Å²) in [7, 11) is 1.68. The highest BCUT2D eigenvalue weighted by atomic mass is 16.5. The largest absolute Gasteiger partial charge is 0.495 e. The lowest BCUT2D eigenvalue weighted by Crippen LogP contribution is -2.48. The lowest BCUT2D eigenvalue weighted by Gasteiger charge is -2.37. The first-order valence-corrected chi connectivity index (χ1v) is 11.6. The number of methoxy groups -OCH3 is 1. The molecule has 1 saturated carbocycles. The van der Waals surface area contributed by atoms with Crippen molar-refractivity contribution >= 4 is 28.3 Å². The van der Waals surface area contributed by atoms with Gasteiger partial charge in [0.05, 0.1) is 18.3 Å². The number of hydrogen-bond acceptors (Lipinski definition) is 5. The van der Waals surface area contributed by atoms with Crippen molar-refractivity contribution < 1.29 is 14.3 Å². The molecule has 2 heterocycles. The average Bonchev–Trinajstić information content (AvgIpc) is 3.61. The Labute approximate surface area is 184 Å². The van der Waals surface area contributed by atoms with Crippen LogP contribution in [0.1, 0.15) is 61.9 Å². The molecule has 1 saturated heterocycles. The lowest BCUT2D eigenvalue weighted by molar-refractivity contribution is -0.131. The number of benzene rings is 1. The van der Waals surface area contributed by atoms with Crippen molar-refractivity contribution in [2.24, 2.45) is 5.92 Å². The second kappa shape index (κ2) is 9.25. The molecule has 166 valence electrons. The van der Waals surface area contributed by atoms with Gasteiger partial charge in [-0.1, -0.05) is 13.8 Å². The molecule has 0 unspecified atom stereocenters. The van der Waals surface area contributed by atoms with Gasteiger partial charge in [0.1, 0.15) is 5.75 Å². The molecule has 4 rings (SSSR count). The highest BCUT2D eigenvalue weighted by Crippen LogP contribution is 2.37. The Bertz CT molecular complexity index is 976. The predicted molar refractivity (Wildman–Crippen MR) is 123 cm³/mol. The van der Waals surface area contributed by atoms with Gasteiger partial charge in [-0.05, 0) is 43.2 Å². The number of carbonyl (C=O) groups is 2. The summed E-state index contributed by atoms with van der Waals surface area (Å²) in [4.78, 5) is 34.0. The molecule has 1 aliphatic carbocycles. The van der Waals surface area contributed by atoms with Crippen LogP contribution < -0.4 is 9.64 Å². The Morgan fingerprint density at radius 1 is 1.13 bits per heavy atom. The minimum atomic E-state index is 0.217. The Morgan fingerprint density at radius 3 is 2.48 bits per heavy atom. The third-order valence-corrected chi connectivity index (χ3v) is 6.54. The van der Waals surface area contributed by atoms with Crippen LogP contribution >= 0.6 is 0 Å². The number of rotatable bonds is 8. The van der Waals surface area contributed by atoms with E-state index >= 15 is 0 Å². The summed E-state index contributed by atoms with van der Waals surface area (Å²) >= 11 is 0. The maximum absolute atomic E-state index is 12.9. The fourth-order valence-electron chi connectivity index (χ4n) is 4.56. The summed E-state index contributed by atoms with van der Waals surface area (Å²) in [5.74, 6) is 1.80.